The second-order valence-corrected chi connectivity index (χ2v) is 9.70. The molecule has 0 aliphatic heterocycles. The van der Waals surface area contributed by atoms with Gasteiger partial charge in [-0.25, -0.2) is 4.79 Å². The summed E-state index contributed by atoms with van der Waals surface area (Å²) in [6.07, 6.45) is 20.2. The predicted molar refractivity (Wildman–Crippen MR) is 118 cm³/mol. The number of hydrogen-bond acceptors (Lipinski definition) is 3. The molecule has 5 nitrogen and oxygen atoms in total. The van der Waals surface area contributed by atoms with Gasteiger partial charge in [0.15, 0.2) is 0 Å². The van der Waals surface area contributed by atoms with Crippen molar-refractivity contribution < 1.29 is 14.7 Å². The van der Waals surface area contributed by atoms with Crippen LogP contribution in [0.2, 0.25) is 0 Å². The fourth-order valence-corrected chi connectivity index (χ4v) is 5.14. The molecular formula is C24H44N2O3. The number of Topliss-reactive ketones (excluding diaryl/α,β-unsaturated/α-hetero) is 1. The maximum absolute atomic E-state index is 12.0. The molecule has 0 saturated heterocycles. The highest BCUT2D eigenvalue weighted by molar-refractivity contribution is 5.88. The molecule has 0 heterocycles. The van der Waals surface area contributed by atoms with Crippen molar-refractivity contribution in [1.29, 1.82) is 0 Å². The van der Waals surface area contributed by atoms with E-state index in [4.69, 9.17) is 5.11 Å². The Bertz CT molecular complexity index is 487. The number of aliphatic hydroxyl groups is 1. The normalized spacial score (nSPS) is 24.5. The molecule has 2 bridgehead atoms. The van der Waals surface area contributed by atoms with Crippen molar-refractivity contribution in [3.05, 3.63) is 0 Å². The number of carbonyl (C=O) groups is 2. The van der Waals surface area contributed by atoms with Gasteiger partial charge in [0.1, 0.15) is 5.78 Å². The number of urea groups is 1. The molecule has 168 valence electrons. The van der Waals surface area contributed by atoms with Crippen LogP contribution in [0.15, 0.2) is 0 Å². The van der Waals surface area contributed by atoms with Crippen LogP contribution in [0.25, 0.3) is 0 Å². The van der Waals surface area contributed by atoms with Crippen LogP contribution in [0.4, 0.5) is 4.79 Å². The largest absolute Gasteiger partial charge is 0.396 e. The third-order valence-corrected chi connectivity index (χ3v) is 7.03. The second-order valence-electron chi connectivity index (χ2n) is 9.70. The van der Waals surface area contributed by atoms with E-state index in [1.807, 2.05) is 0 Å². The van der Waals surface area contributed by atoms with E-state index in [0.717, 1.165) is 38.6 Å². The summed E-state index contributed by atoms with van der Waals surface area (Å²) < 4.78 is 0. The minimum Gasteiger partial charge on any atom is -0.396 e. The number of rotatable bonds is 18. The molecule has 3 aliphatic carbocycles. The monoisotopic (exact) mass is 408 g/mol. The summed E-state index contributed by atoms with van der Waals surface area (Å²) in [5.41, 5.74) is -0.163. The van der Waals surface area contributed by atoms with Gasteiger partial charge in [-0.2, -0.15) is 0 Å². The van der Waals surface area contributed by atoms with Crippen molar-refractivity contribution in [2.75, 3.05) is 13.2 Å². The summed E-state index contributed by atoms with van der Waals surface area (Å²) in [6.45, 7) is 2.77. The molecule has 3 fully saturated rings. The maximum Gasteiger partial charge on any atom is 0.315 e. The van der Waals surface area contributed by atoms with Gasteiger partial charge in [0, 0.05) is 24.1 Å². The third-order valence-electron chi connectivity index (χ3n) is 7.03. The van der Waals surface area contributed by atoms with E-state index in [1.54, 1.807) is 6.92 Å². The Labute approximate surface area is 177 Å². The first-order valence-corrected chi connectivity index (χ1v) is 12.2. The van der Waals surface area contributed by atoms with Crippen molar-refractivity contribution in [2.45, 2.75) is 122 Å². The smallest absolute Gasteiger partial charge is 0.315 e. The van der Waals surface area contributed by atoms with E-state index in [1.165, 1.54) is 77.0 Å². The molecule has 0 aromatic carbocycles. The fourth-order valence-electron chi connectivity index (χ4n) is 5.14. The van der Waals surface area contributed by atoms with Gasteiger partial charge in [-0.05, 0) is 39.0 Å². The zero-order valence-electron chi connectivity index (χ0n) is 18.7. The average molecular weight is 409 g/mol. The predicted octanol–water partition coefficient (Wildman–Crippen LogP) is 5.25. The standard InChI is InChI=1S/C24H44N2O3/c1-21(28)23-18-24(19-23,20-23)26-22(29)25-16-14-12-10-8-6-4-2-3-5-7-9-11-13-15-17-27/h27H,2-20H2,1H3,(H2,25,26,29). The molecule has 2 amide bonds. The molecule has 0 spiro atoms. The van der Waals surface area contributed by atoms with Gasteiger partial charge in [0.2, 0.25) is 0 Å². The lowest BCUT2D eigenvalue weighted by molar-refractivity contribution is -0.173. The van der Waals surface area contributed by atoms with Crippen molar-refractivity contribution in [3.63, 3.8) is 0 Å². The van der Waals surface area contributed by atoms with E-state index in [-0.39, 0.29) is 22.8 Å². The molecule has 3 rings (SSSR count). The number of unbranched alkanes of at least 4 members (excludes halogenated alkanes) is 13. The van der Waals surface area contributed by atoms with Crippen LogP contribution >= 0.6 is 0 Å². The number of amides is 2. The minimum atomic E-state index is -0.0894. The highest BCUT2D eigenvalue weighted by Gasteiger charge is 2.70. The van der Waals surface area contributed by atoms with Crippen molar-refractivity contribution in [3.8, 4) is 0 Å². The summed E-state index contributed by atoms with van der Waals surface area (Å²) in [4.78, 5) is 23.5. The lowest BCUT2D eigenvalue weighted by Gasteiger charge is -2.69. The lowest BCUT2D eigenvalue weighted by Crippen LogP contribution is -2.77. The first-order valence-electron chi connectivity index (χ1n) is 12.2. The summed E-state index contributed by atoms with van der Waals surface area (Å²) in [7, 11) is 0. The van der Waals surface area contributed by atoms with Crippen LogP contribution in [0, 0.1) is 5.41 Å². The number of aliphatic hydroxyl groups excluding tert-OH is 1. The van der Waals surface area contributed by atoms with Gasteiger partial charge < -0.3 is 15.7 Å². The molecule has 0 unspecified atom stereocenters. The Balaban J connectivity index is 1.27. The molecule has 5 heteroatoms. The fraction of sp³-hybridized carbons (Fsp3) is 0.917. The molecule has 3 saturated carbocycles. The highest BCUT2D eigenvalue weighted by Crippen LogP contribution is 2.67. The zero-order valence-corrected chi connectivity index (χ0v) is 18.7. The molecule has 3 N–H and O–H groups in total. The third kappa shape index (κ3) is 7.92. The molecule has 0 radical (unpaired) electrons. The molecule has 0 aromatic rings. The Morgan fingerprint density at radius 2 is 1.14 bits per heavy atom. The number of hydrogen-bond donors (Lipinski definition) is 3. The van der Waals surface area contributed by atoms with E-state index in [0.29, 0.717) is 6.61 Å². The maximum atomic E-state index is 12.0. The van der Waals surface area contributed by atoms with E-state index in [2.05, 4.69) is 10.6 Å². The van der Waals surface area contributed by atoms with Crippen molar-refractivity contribution in [1.82, 2.24) is 10.6 Å². The summed E-state index contributed by atoms with van der Waals surface area (Å²) in [5, 5.41) is 14.8. The summed E-state index contributed by atoms with van der Waals surface area (Å²) in [6, 6.07) is -0.0600. The van der Waals surface area contributed by atoms with Gasteiger partial charge in [-0.1, -0.05) is 77.0 Å². The van der Waals surface area contributed by atoms with Crippen LogP contribution in [0.5, 0.6) is 0 Å². The number of ketones is 1. The molecule has 3 aliphatic rings. The van der Waals surface area contributed by atoms with Crippen LogP contribution in [-0.4, -0.2) is 35.6 Å². The molecule has 0 aromatic heterocycles. The van der Waals surface area contributed by atoms with Crippen LogP contribution in [0.3, 0.4) is 0 Å². The summed E-state index contributed by atoms with van der Waals surface area (Å²) >= 11 is 0. The molecular weight excluding hydrogens is 364 g/mol. The first kappa shape index (κ1) is 24.2. The van der Waals surface area contributed by atoms with Gasteiger partial charge >= 0.3 is 6.03 Å². The van der Waals surface area contributed by atoms with Gasteiger partial charge in [0.25, 0.3) is 0 Å². The Morgan fingerprint density at radius 1 is 0.724 bits per heavy atom. The number of nitrogens with one attached hydrogen (secondary N) is 2. The van der Waals surface area contributed by atoms with Gasteiger partial charge in [-0.15, -0.1) is 0 Å². The Kier molecular flexibility index (Phi) is 10.5. The van der Waals surface area contributed by atoms with Crippen molar-refractivity contribution >= 4 is 11.8 Å². The van der Waals surface area contributed by atoms with E-state index < -0.39 is 0 Å². The average Bonchev–Trinajstić information content (AvgIpc) is 2.62. The van der Waals surface area contributed by atoms with Crippen molar-refractivity contribution in [2.24, 2.45) is 5.41 Å². The van der Waals surface area contributed by atoms with E-state index >= 15 is 0 Å². The minimum absolute atomic E-state index is 0.0600. The highest BCUT2D eigenvalue weighted by atomic mass is 16.3. The quantitative estimate of drug-likeness (QED) is 0.271. The Morgan fingerprint density at radius 3 is 1.55 bits per heavy atom. The summed E-state index contributed by atoms with van der Waals surface area (Å²) in [5.74, 6) is 0.284. The van der Waals surface area contributed by atoms with Gasteiger partial charge in [0.05, 0.1) is 0 Å². The van der Waals surface area contributed by atoms with Crippen LogP contribution in [0.1, 0.15) is 116 Å². The number of carbonyl (C=O) groups excluding carboxylic acids is 2. The van der Waals surface area contributed by atoms with Crippen LogP contribution in [-0.2, 0) is 4.79 Å². The zero-order chi connectivity index (χ0) is 21.0. The molecule has 0 atom stereocenters. The topological polar surface area (TPSA) is 78.4 Å². The second kappa shape index (κ2) is 12.6. The van der Waals surface area contributed by atoms with Crippen LogP contribution < -0.4 is 10.6 Å². The first-order chi connectivity index (χ1) is 14.0. The molecule has 29 heavy (non-hydrogen) atoms. The SMILES string of the molecule is CC(=O)C12CC(NC(=O)NCCCCCCCCCCCCCCCCO)(C1)C2. The Hall–Kier alpha value is -1.10. The van der Waals surface area contributed by atoms with Gasteiger partial charge in [-0.3, -0.25) is 4.79 Å². The van der Waals surface area contributed by atoms with E-state index in [9.17, 15) is 9.59 Å². The lowest BCUT2D eigenvalue weighted by atomic mass is 9.38.